The van der Waals surface area contributed by atoms with E-state index in [1.54, 1.807) is 0 Å². The third-order valence-corrected chi connectivity index (χ3v) is 4.25. The third kappa shape index (κ3) is 3.32. The first-order valence-corrected chi connectivity index (χ1v) is 7.29. The molecule has 0 saturated carbocycles. The van der Waals surface area contributed by atoms with Crippen molar-refractivity contribution in [1.82, 2.24) is 10.3 Å². The summed E-state index contributed by atoms with van der Waals surface area (Å²) in [5.74, 6) is 0.856. The molecule has 5 heteroatoms. The Balaban J connectivity index is 2.20. The monoisotopic (exact) mass is 296 g/mol. The molecule has 19 heavy (non-hydrogen) atoms. The van der Waals surface area contributed by atoms with Gasteiger partial charge in [0.15, 0.2) is 0 Å². The van der Waals surface area contributed by atoms with Gasteiger partial charge in [-0.25, -0.2) is 4.98 Å². The molecule has 1 unspecified atom stereocenters. The smallest absolute Gasteiger partial charge is 0.260 e. The zero-order valence-electron chi connectivity index (χ0n) is 11.5. The van der Waals surface area contributed by atoms with Crippen LogP contribution in [0.2, 0.25) is 5.02 Å². The molecule has 0 spiro atoms. The highest BCUT2D eigenvalue weighted by Crippen LogP contribution is 2.32. The summed E-state index contributed by atoms with van der Waals surface area (Å²) in [4.78, 5) is 5.38. The van der Waals surface area contributed by atoms with Crippen molar-refractivity contribution in [2.45, 2.75) is 36.9 Å². The number of hydrogen-bond donors (Lipinski definition) is 1. The fourth-order valence-corrected chi connectivity index (χ4v) is 2.94. The second kappa shape index (κ2) is 5.99. The number of nitrogens with zero attached hydrogens (tertiary/aromatic N) is 1. The topological polar surface area (TPSA) is 38.1 Å². The average Bonchev–Trinajstić information content (AvgIpc) is 2.67. The van der Waals surface area contributed by atoms with Gasteiger partial charge < -0.3 is 9.73 Å². The Morgan fingerprint density at radius 1 is 1.37 bits per heavy atom. The van der Waals surface area contributed by atoms with Crippen molar-refractivity contribution >= 4 is 23.4 Å². The van der Waals surface area contributed by atoms with Crippen molar-refractivity contribution in [3.63, 3.8) is 0 Å². The van der Waals surface area contributed by atoms with E-state index in [1.807, 2.05) is 39.1 Å². The molecule has 2 rings (SSSR count). The quantitative estimate of drug-likeness (QED) is 0.909. The molecule has 0 radical (unpaired) electrons. The second-order valence-corrected chi connectivity index (χ2v) is 5.85. The normalized spacial score (nSPS) is 12.7. The molecular formula is C14H17ClN2OS. The molecule has 0 bridgehead atoms. The van der Waals surface area contributed by atoms with Crippen LogP contribution in [0.25, 0.3) is 0 Å². The standard InChI is InChI=1S/C14H17ClN2OS/c1-8-10(3)18-14(17-8)19-11-5-6-12(9(2)16-4)13(15)7-11/h5-7,9,16H,1-4H3. The summed E-state index contributed by atoms with van der Waals surface area (Å²) in [6.45, 7) is 5.93. The number of benzene rings is 1. The van der Waals surface area contributed by atoms with E-state index in [9.17, 15) is 0 Å². The van der Waals surface area contributed by atoms with E-state index >= 15 is 0 Å². The Morgan fingerprint density at radius 3 is 2.63 bits per heavy atom. The molecule has 0 amide bonds. The van der Waals surface area contributed by atoms with E-state index in [-0.39, 0.29) is 6.04 Å². The van der Waals surface area contributed by atoms with Gasteiger partial charge in [0.2, 0.25) is 0 Å². The van der Waals surface area contributed by atoms with Crippen LogP contribution >= 0.6 is 23.4 Å². The van der Waals surface area contributed by atoms with Crippen LogP contribution in [0.5, 0.6) is 0 Å². The van der Waals surface area contributed by atoms with Crippen LogP contribution < -0.4 is 5.32 Å². The van der Waals surface area contributed by atoms with E-state index in [0.717, 1.165) is 26.9 Å². The first kappa shape index (κ1) is 14.4. The Labute approximate surface area is 122 Å². The molecule has 1 aromatic heterocycles. The molecule has 2 aromatic rings. The van der Waals surface area contributed by atoms with Gasteiger partial charge in [0, 0.05) is 16.0 Å². The highest BCUT2D eigenvalue weighted by atomic mass is 35.5. The molecule has 0 aliphatic carbocycles. The Kier molecular flexibility index (Phi) is 4.55. The van der Waals surface area contributed by atoms with Crippen LogP contribution in [0.1, 0.15) is 30.0 Å². The van der Waals surface area contributed by atoms with Crippen LogP contribution in [0, 0.1) is 13.8 Å². The number of nitrogens with one attached hydrogen (secondary N) is 1. The molecule has 1 N–H and O–H groups in total. The van der Waals surface area contributed by atoms with E-state index in [2.05, 4.69) is 17.2 Å². The summed E-state index contributed by atoms with van der Waals surface area (Å²) >= 11 is 7.78. The number of aromatic nitrogens is 1. The molecule has 102 valence electrons. The first-order chi connectivity index (χ1) is 9.01. The van der Waals surface area contributed by atoms with Crippen LogP contribution in [-0.4, -0.2) is 12.0 Å². The van der Waals surface area contributed by atoms with Crippen molar-refractivity contribution in [2.24, 2.45) is 0 Å². The molecule has 0 saturated heterocycles. The number of halogens is 1. The van der Waals surface area contributed by atoms with Gasteiger partial charge in [0.25, 0.3) is 5.22 Å². The van der Waals surface area contributed by atoms with Crippen LogP contribution in [0.15, 0.2) is 32.7 Å². The number of oxazole rings is 1. The van der Waals surface area contributed by atoms with Crippen LogP contribution in [-0.2, 0) is 0 Å². The minimum Gasteiger partial charge on any atom is -0.436 e. The number of rotatable bonds is 4. The van der Waals surface area contributed by atoms with Gasteiger partial charge >= 0.3 is 0 Å². The summed E-state index contributed by atoms with van der Waals surface area (Å²) in [6.07, 6.45) is 0. The predicted molar refractivity (Wildman–Crippen MR) is 79.0 cm³/mol. The number of hydrogen-bond acceptors (Lipinski definition) is 4. The van der Waals surface area contributed by atoms with Gasteiger partial charge in [0.05, 0.1) is 5.69 Å². The summed E-state index contributed by atoms with van der Waals surface area (Å²) in [7, 11) is 1.92. The minimum atomic E-state index is 0.234. The Bertz CT molecular complexity index is 563. The fraction of sp³-hybridized carbons (Fsp3) is 0.357. The SMILES string of the molecule is CNC(C)c1ccc(Sc2nc(C)c(C)o2)cc1Cl. The van der Waals surface area contributed by atoms with E-state index in [1.165, 1.54) is 11.8 Å². The lowest BCUT2D eigenvalue weighted by Gasteiger charge is -2.13. The number of aryl methyl sites for hydroxylation is 2. The van der Waals surface area contributed by atoms with Crippen LogP contribution in [0.4, 0.5) is 0 Å². The summed E-state index contributed by atoms with van der Waals surface area (Å²) < 4.78 is 5.55. The van der Waals surface area contributed by atoms with Crippen LogP contribution in [0.3, 0.4) is 0 Å². The summed E-state index contributed by atoms with van der Waals surface area (Å²) in [6, 6.07) is 6.26. The lowest BCUT2D eigenvalue weighted by atomic mass is 10.1. The largest absolute Gasteiger partial charge is 0.436 e. The molecule has 0 fully saturated rings. The molecule has 1 heterocycles. The van der Waals surface area contributed by atoms with Gasteiger partial charge in [0.1, 0.15) is 5.76 Å². The van der Waals surface area contributed by atoms with Crippen molar-refractivity contribution < 1.29 is 4.42 Å². The molecule has 3 nitrogen and oxygen atoms in total. The lowest BCUT2D eigenvalue weighted by molar-refractivity contribution is 0.431. The maximum Gasteiger partial charge on any atom is 0.260 e. The van der Waals surface area contributed by atoms with E-state index in [4.69, 9.17) is 16.0 Å². The first-order valence-electron chi connectivity index (χ1n) is 6.10. The van der Waals surface area contributed by atoms with Crippen molar-refractivity contribution in [1.29, 1.82) is 0 Å². The Hall–Kier alpha value is -0.970. The highest BCUT2D eigenvalue weighted by molar-refractivity contribution is 7.99. The zero-order valence-corrected chi connectivity index (χ0v) is 13.0. The van der Waals surface area contributed by atoms with Crippen molar-refractivity contribution in [3.8, 4) is 0 Å². The highest BCUT2D eigenvalue weighted by Gasteiger charge is 2.11. The molecular weight excluding hydrogens is 280 g/mol. The predicted octanol–water partition coefficient (Wildman–Crippen LogP) is 4.38. The lowest BCUT2D eigenvalue weighted by Crippen LogP contribution is -2.12. The fourth-order valence-electron chi connectivity index (χ4n) is 1.67. The van der Waals surface area contributed by atoms with Gasteiger partial charge in [-0.05, 0) is 57.3 Å². The molecule has 1 atom stereocenters. The molecule has 1 aromatic carbocycles. The van der Waals surface area contributed by atoms with Gasteiger partial charge in [-0.2, -0.15) is 0 Å². The van der Waals surface area contributed by atoms with Gasteiger partial charge in [-0.3, -0.25) is 0 Å². The second-order valence-electron chi connectivity index (χ2n) is 4.42. The van der Waals surface area contributed by atoms with Gasteiger partial charge in [-0.15, -0.1) is 0 Å². The van der Waals surface area contributed by atoms with Crippen molar-refractivity contribution in [2.75, 3.05) is 7.05 Å². The summed E-state index contributed by atoms with van der Waals surface area (Å²) in [5.41, 5.74) is 2.02. The summed E-state index contributed by atoms with van der Waals surface area (Å²) in [5, 5.41) is 4.59. The minimum absolute atomic E-state index is 0.234. The maximum absolute atomic E-state index is 6.30. The third-order valence-electron chi connectivity index (χ3n) is 3.09. The maximum atomic E-state index is 6.30. The van der Waals surface area contributed by atoms with Crippen molar-refractivity contribution in [3.05, 3.63) is 40.2 Å². The average molecular weight is 297 g/mol. The Morgan fingerprint density at radius 2 is 2.11 bits per heavy atom. The molecule has 0 aliphatic rings. The van der Waals surface area contributed by atoms with E-state index < -0.39 is 0 Å². The van der Waals surface area contributed by atoms with E-state index in [0.29, 0.717) is 5.22 Å². The van der Waals surface area contributed by atoms with Gasteiger partial charge in [-0.1, -0.05) is 17.7 Å². The molecule has 0 aliphatic heterocycles. The zero-order chi connectivity index (χ0) is 14.0.